The van der Waals surface area contributed by atoms with Crippen molar-refractivity contribution in [1.82, 2.24) is 0 Å². The van der Waals surface area contributed by atoms with Gasteiger partial charge in [0.1, 0.15) is 12.4 Å². The second-order valence-corrected chi connectivity index (χ2v) is 9.45. The van der Waals surface area contributed by atoms with Crippen LogP contribution in [-0.2, 0) is 15.9 Å². The van der Waals surface area contributed by atoms with E-state index in [2.05, 4.69) is 79.7 Å². The first-order valence-electron chi connectivity index (χ1n) is 12.9. The van der Waals surface area contributed by atoms with E-state index < -0.39 is 0 Å². The summed E-state index contributed by atoms with van der Waals surface area (Å²) in [6.07, 6.45) is 3.64. The van der Waals surface area contributed by atoms with Crippen LogP contribution in [0.4, 0.5) is 0 Å². The van der Waals surface area contributed by atoms with Gasteiger partial charge in [-0.05, 0) is 95.5 Å². The molecule has 186 valence electrons. The van der Waals surface area contributed by atoms with Crippen LogP contribution < -0.4 is 4.74 Å². The van der Waals surface area contributed by atoms with E-state index in [9.17, 15) is 5.11 Å². The summed E-state index contributed by atoms with van der Waals surface area (Å²) in [5.74, 6) is 0.796. The molecule has 1 aliphatic heterocycles. The first-order valence-corrected chi connectivity index (χ1v) is 12.9. The predicted octanol–water partition coefficient (Wildman–Crippen LogP) is 6.94. The fourth-order valence-corrected chi connectivity index (χ4v) is 4.74. The first kappa shape index (κ1) is 24.5. The summed E-state index contributed by atoms with van der Waals surface area (Å²) in [7, 11) is 0. The van der Waals surface area contributed by atoms with Crippen molar-refractivity contribution in [3.05, 3.63) is 90.0 Å². The molecule has 0 bridgehead atoms. The molecule has 4 aromatic rings. The molecule has 5 rings (SSSR count). The summed E-state index contributed by atoms with van der Waals surface area (Å²) < 4.78 is 17.4. The quantitative estimate of drug-likeness (QED) is 0.263. The number of hydrogen-bond donors (Lipinski definition) is 1. The van der Waals surface area contributed by atoms with Crippen molar-refractivity contribution < 1.29 is 19.3 Å². The van der Waals surface area contributed by atoms with Crippen molar-refractivity contribution >= 4 is 10.8 Å². The number of aliphatic hydroxyl groups excluding tert-OH is 1. The van der Waals surface area contributed by atoms with Crippen molar-refractivity contribution in [2.75, 3.05) is 26.4 Å². The highest BCUT2D eigenvalue weighted by Gasteiger charge is 2.14. The van der Waals surface area contributed by atoms with E-state index >= 15 is 0 Å². The standard InChI is InChI=1S/C32H34O4/c1-23-5-7-24(8-6-23)25-9-10-27-21-28(12-11-26(27)20-25)29-13-14-31(30(22-29)15-16-33)34-18-19-36-32-4-2-3-17-35-32/h5-14,20-22,32-33H,2-4,15-19H2,1H3. The Morgan fingerprint density at radius 3 is 2.14 bits per heavy atom. The third kappa shape index (κ3) is 5.96. The predicted molar refractivity (Wildman–Crippen MR) is 145 cm³/mol. The van der Waals surface area contributed by atoms with Crippen LogP contribution in [0, 0.1) is 6.92 Å². The molecule has 0 radical (unpaired) electrons. The van der Waals surface area contributed by atoms with Gasteiger partial charge >= 0.3 is 0 Å². The highest BCUT2D eigenvalue weighted by molar-refractivity contribution is 5.91. The third-order valence-corrected chi connectivity index (χ3v) is 6.78. The highest BCUT2D eigenvalue weighted by atomic mass is 16.7. The Morgan fingerprint density at radius 1 is 0.778 bits per heavy atom. The van der Waals surface area contributed by atoms with Crippen LogP contribution in [0.25, 0.3) is 33.0 Å². The largest absolute Gasteiger partial charge is 0.491 e. The lowest BCUT2D eigenvalue weighted by molar-refractivity contribution is -0.165. The summed E-state index contributed by atoms with van der Waals surface area (Å²) in [6, 6.07) is 28.1. The van der Waals surface area contributed by atoms with Crippen molar-refractivity contribution in [2.24, 2.45) is 0 Å². The summed E-state index contributed by atoms with van der Waals surface area (Å²) in [6.45, 7) is 3.90. The maximum absolute atomic E-state index is 9.63. The van der Waals surface area contributed by atoms with Gasteiger partial charge in [-0.2, -0.15) is 0 Å². The lowest BCUT2D eigenvalue weighted by Crippen LogP contribution is -2.24. The van der Waals surface area contributed by atoms with E-state index in [4.69, 9.17) is 14.2 Å². The van der Waals surface area contributed by atoms with E-state index in [0.29, 0.717) is 19.6 Å². The fraction of sp³-hybridized carbons (Fsp3) is 0.312. The molecule has 0 aliphatic carbocycles. The number of ether oxygens (including phenoxy) is 3. The molecule has 1 N–H and O–H groups in total. The van der Waals surface area contributed by atoms with Crippen molar-refractivity contribution in [1.29, 1.82) is 0 Å². The number of fused-ring (bicyclic) bond motifs is 1. The van der Waals surface area contributed by atoms with E-state index in [1.165, 1.54) is 27.5 Å². The zero-order valence-corrected chi connectivity index (χ0v) is 20.9. The Kier molecular flexibility index (Phi) is 7.97. The zero-order valence-electron chi connectivity index (χ0n) is 20.9. The van der Waals surface area contributed by atoms with Gasteiger partial charge in [0, 0.05) is 13.2 Å². The third-order valence-electron chi connectivity index (χ3n) is 6.78. The van der Waals surface area contributed by atoms with E-state index in [1.54, 1.807) is 0 Å². The average Bonchev–Trinajstić information content (AvgIpc) is 2.92. The molecule has 4 nitrogen and oxygen atoms in total. The summed E-state index contributed by atoms with van der Waals surface area (Å²) in [5.41, 5.74) is 6.98. The Labute approximate surface area is 213 Å². The molecule has 4 aromatic carbocycles. The van der Waals surface area contributed by atoms with Crippen LogP contribution in [0.5, 0.6) is 5.75 Å². The van der Waals surface area contributed by atoms with Crippen molar-refractivity contribution in [3.8, 4) is 28.0 Å². The molecule has 36 heavy (non-hydrogen) atoms. The first-order chi connectivity index (χ1) is 17.7. The molecule has 1 saturated heterocycles. The van der Waals surface area contributed by atoms with Gasteiger partial charge < -0.3 is 19.3 Å². The minimum atomic E-state index is -0.109. The smallest absolute Gasteiger partial charge is 0.157 e. The van der Waals surface area contributed by atoms with Crippen molar-refractivity contribution in [2.45, 2.75) is 38.9 Å². The van der Waals surface area contributed by atoms with Crippen molar-refractivity contribution in [3.63, 3.8) is 0 Å². The second kappa shape index (κ2) is 11.7. The van der Waals surface area contributed by atoms with Crippen LogP contribution in [0.1, 0.15) is 30.4 Å². The lowest BCUT2D eigenvalue weighted by atomic mass is 9.96. The van der Waals surface area contributed by atoms with Gasteiger partial charge in [-0.25, -0.2) is 0 Å². The highest BCUT2D eigenvalue weighted by Crippen LogP contribution is 2.31. The van der Waals surface area contributed by atoms with Gasteiger partial charge in [-0.1, -0.05) is 60.2 Å². The molecular formula is C32H34O4. The maximum Gasteiger partial charge on any atom is 0.157 e. The molecule has 1 heterocycles. The Morgan fingerprint density at radius 2 is 1.44 bits per heavy atom. The summed E-state index contributed by atoms with van der Waals surface area (Å²) in [5, 5.41) is 12.0. The van der Waals surface area contributed by atoms with Gasteiger partial charge in [0.05, 0.1) is 6.61 Å². The summed E-state index contributed by atoms with van der Waals surface area (Å²) >= 11 is 0. The monoisotopic (exact) mass is 482 g/mol. The van der Waals surface area contributed by atoms with Gasteiger partial charge in [-0.15, -0.1) is 0 Å². The average molecular weight is 483 g/mol. The summed E-state index contributed by atoms with van der Waals surface area (Å²) in [4.78, 5) is 0. The topological polar surface area (TPSA) is 47.9 Å². The number of aliphatic hydroxyl groups is 1. The molecule has 1 fully saturated rings. The van der Waals surface area contributed by atoms with Crippen LogP contribution in [0.15, 0.2) is 78.9 Å². The Bertz CT molecular complexity index is 1290. The molecule has 4 heteroatoms. The molecule has 0 aromatic heterocycles. The second-order valence-electron chi connectivity index (χ2n) is 9.45. The molecular weight excluding hydrogens is 448 g/mol. The van der Waals surface area contributed by atoms with Gasteiger partial charge in [0.2, 0.25) is 0 Å². The fourth-order valence-electron chi connectivity index (χ4n) is 4.74. The van der Waals surface area contributed by atoms with Crippen LogP contribution in [-0.4, -0.2) is 37.8 Å². The zero-order chi connectivity index (χ0) is 24.7. The van der Waals surface area contributed by atoms with E-state index in [0.717, 1.165) is 48.3 Å². The van der Waals surface area contributed by atoms with E-state index in [1.807, 2.05) is 6.07 Å². The Hall–Kier alpha value is -3.18. The molecule has 1 unspecified atom stereocenters. The maximum atomic E-state index is 9.63. The van der Waals surface area contributed by atoms with Gasteiger partial charge in [0.25, 0.3) is 0 Å². The molecule has 1 aliphatic rings. The lowest BCUT2D eigenvalue weighted by Gasteiger charge is -2.22. The molecule has 0 saturated carbocycles. The number of hydrogen-bond acceptors (Lipinski definition) is 4. The minimum absolute atomic E-state index is 0.0751. The normalized spacial score (nSPS) is 15.8. The molecule has 0 spiro atoms. The number of aryl methyl sites for hydroxylation is 1. The van der Waals surface area contributed by atoms with Crippen LogP contribution >= 0.6 is 0 Å². The van der Waals surface area contributed by atoms with Crippen LogP contribution in [0.2, 0.25) is 0 Å². The number of benzene rings is 4. The van der Waals surface area contributed by atoms with Gasteiger partial charge in [0.15, 0.2) is 6.29 Å². The van der Waals surface area contributed by atoms with Crippen LogP contribution in [0.3, 0.4) is 0 Å². The number of rotatable bonds is 9. The van der Waals surface area contributed by atoms with E-state index in [-0.39, 0.29) is 12.9 Å². The minimum Gasteiger partial charge on any atom is -0.491 e. The molecule has 0 amide bonds. The van der Waals surface area contributed by atoms with Gasteiger partial charge in [-0.3, -0.25) is 0 Å². The Balaban J connectivity index is 1.30. The molecule has 1 atom stereocenters. The SMILES string of the molecule is Cc1ccc(-c2ccc3cc(-c4ccc(OCCOC5CCCCO5)c(CCO)c4)ccc3c2)cc1.